The number of piperazine rings is 1. The van der Waals surface area contributed by atoms with Gasteiger partial charge in [-0.2, -0.15) is 5.10 Å². The predicted octanol–water partition coefficient (Wildman–Crippen LogP) is 1.67. The highest BCUT2D eigenvalue weighted by molar-refractivity contribution is 6.30. The summed E-state index contributed by atoms with van der Waals surface area (Å²) in [5.74, 6) is 0.797. The molecule has 1 aliphatic heterocycles. The van der Waals surface area contributed by atoms with Crippen LogP contribution in [-0.4, -0.2) is 37.4 Å². The van der Waals surface area contributed by atoms with Crippen molar-refractivity contribution in [3.63, 3.8) is 0 Å². The minimum absolute atomic E-state index is 0.797. The number of rotatable bonds is 4. The molecular formula is C16H19ClN3O+. The van der Waals surface area contributed by atoms with E-state index < -0.39 is 0 Å². The molecule has 0 amide bonds. The number of nitrogens with zero attached hydrogens (tertiary/aromatic N) is 2. The summed E-state index contributed by atoms with van der Waals surface area (Å²) in [6.45, 7) is 5.18. The Balaban J connectivity index is 1.47. The molecule has 0 radical (unpaired) electrons. The Morgan fingerprint density at radius 2 is 1.95 bits per heavy atom. The van der Waals surface area contributed by atoms with Crippen LogP contribution in [0.1, 0.15) is 11.3 Å². The van der Waals surface area contributed by atoms with Gasteiger partial charge >= 0.3 is 0 Å². The second-order valence-corrected chi connectivity index (χ2v) is 5.70. The summed E-state index contributed by atoms with van der Waals surface area (Å²) in [4.78, 5) is 1.58. The molecule has 0 atom stereocenters. The number of quaternary nitrogens is 1. The first-order chi connectivity index (χ1) is 10.3. The standard InChI is InChI=1S/C16H18ClN3O/c17-15-5-3-14(4-6-15)13-19-7-9-20(10-8-19)18-12-16-2-1-11-21-16/h1-6,11-12H,7-10,13H2/p+1. The van der Waals surface area contributed by atoms with E-state index in [1.165, 1.54) is 5.56 Å². The number of halogens is 1. The first-order valence-corrected chi connectivity index (χ1v) is 7.58. The topological polar surface area (TPSA) is 33.2 Å². The summed E-state index contributed by atoms with van der Waals surface area (Å²) in [6.07, 6.45) is 3.44. The summed E-state index contributed by atoms with van der Waals surface area (Å²) < 4.78 is 5.24. The lowest BCUT2D eigenvalue weighted by Crippen LogP contribution is -3.13. The van der Waals surface area contributed by atoms with Crippen molar-refractivity contribution in [3.8, 4) is 0 Å². The van der Waals surface area contributed by atoms with E-state index in [1.807, 2.05) is 24.3 Å². The van der Waals surface area contributed by atoms with E-state index in [1.54, 1.807) is 17.4 Å². The molecule has 1 aromatic carbocycles. The highest BCUT2D eigenvalue weighted by Gasteiger charge is 2.18. The van der Waals surface area contributed by atoms with E-state index in [-0.39, 0.29) is 0 Å². The van der Waals surface area contributed by atoms with Crippen LogP contribution in [0.25, 0.3) is 0 Å². The Hall–Kier alpha value is -1.78. The van der Waals surface area contributed by atoms with Crippen LogP contribution in [0.3, 0.4) is 0 Å². The molecule has 0 unspecified atom stereocenters. The van der Waals surface area contributed by atoms with Crippen molar-refractivity contribution in [1.29, 1.82) is 0 Å². The monoisotopic (exact) mass is 304 g/mol. The van der Waals surface area contributed by atoms with Crippen molar-refractivity contribution >= 4 is 17.8 Å². The third-order valence-electron chi connectivity index (χ3n) is 3.71. The van der Waals surface area contributed by atoms with E-state index in [2.05, 4.69) is 22.2 Å². The molecule has 1 saturated heterocycles. The number of furan rings is 1. The van der Waals surface area contributed by atoms with Gasteiger partial charge in [0.25, 0.3) is 0 Å². The fraction of sp³-hybridized carbons (Fsp3) is 0.312. The van der Waals surface area contributed by atoms with Crippen molar-refractivity contribution < 1.29 is 9.32 Å². The predicted molar refractivity (Wildman–Crippen MR) is 83.7 cm³/mol. The van der Waals surface area contributed by atoms with E-state index in [9.17, 15) is 0 Å². The van der Waals surface area contributed by atoms with Gasteiger partial charge in [-0.05, 0) is 24.3 Å². The van der Waals surface area contributed by atoms with Crippen LogP contribution in [-0.2, 0) is 6.54 Å². The molecule has 5 heteroatoms. The van der Waals surface area contributed by atoms with E-state index >= 15 is 0 Å². The normalized spacial score (nSPS) is 16.7. The van der Waals surface area contributed by atoms with Crippen molar-refractivity contribution in [3.05, 3.63) is 59.0 Å². The second kappa shape index (κ2) is 6.78. The molecule has 21 heavy (non-hydrogen) atoms. The van der Waals surface area contributed by atoms with Crippen LogP contribution in [0.5, 0.6) is 0 Å². The molecule has 1 fully saturated rings. The average Bonchev–Trinajstić information content (AvgIpc) is 3.02. The molecule has 2 aromatic rings. The fourth-order valence-electron chi connectivity index (χ4n) is 2.50. The zero-order chi connectivity index (χ0) is 14.5. The van der Waals surface area contributed by atoms with Crippen molar-refractivity contribution in [2.45, 2.75) is 6.54 Å². The molecule has 1 aromatic heterocycles. The Kier molecular flexibility index (Phi) is 4.58. The summed E-state index contributed by atoms with van der Waals surface area (Å²) in [7, 11) is 0. The number of hydrogen-bond acceptors (Lipinski definition) is 3. The quantitative estimate of drug-likeness (QED) is 0.872. The molecule has 4 nitrogen and oxygen atoms in total. The Bertz CT molecular complexity index is 572. The van der Waals surface area contributed by atoms with Crippen molar-refractivity contribution in [2.75, 3.05) is 26.2 Å². The first kappa shape index (κ1) is 14.2. The van der Waals surface area contributed by atoms with Crippen molar-refractivity contribution in [2.24, 2.45) is 5.10 Å². The van der Waals surface area contributed by atoms with Crippen LogP contribution in [0, 0.1) is 0 Å². The number of benzene rings is 1. The van der Waals surface area contributed by atoms with Crippen LogP contribution < -0.4 is 4.90 Å². The van der Waals surface area contributed by atoms with Crippen LogP contribution in [0.15, 0.2) is 52.2 Å². The zero-order valence-corrected chi connectivity index (χ0v) is 12.6. The van der Waals surface area contributed by atoms with E-state index in [0.717, 1.165) is 43.5 Å². The lowest BCUT2D eigenvalue weighted by Gasteiger charge is -2.30. The van der Waals surface area contributed by atoms with Gasteiger partial charge in [-0.15, -0.1) is 0 Å². The zero-order valence-electron chi connectivity index (χ0n) is 11.8. The van der Waals surface area contributed by atoms with Gasteiger partial charge in [-0.25, -0.2) is 0 Å². The van der Waals surface area contributed by atoms with E-state index in [0.29, 0.717) is 0 Å². The van der Waals surface area contributed by atoms with Crippen LogP contribution >= 0.6 is 11.6 Å². The largest absolute Gasteiger partial charge is 0.463 e. The highest BCUT2D eigenvalue weighted by atomic mass is 35.5. The number of nitrogens with one attached hydrogen (secondary N) is 1. The molecule has 2 heterocycles. The van der Waals surface area contributed by atoms with Crippen molar-refractivity contribution in [1.82, 2.24) is 5.01 Å². The van der Waals surface area contributed by atoms with Gasteiger partial charge in [0, 0.05) is 10.6 Å². The average molecular weight is 305 g/mol. The van der Waals surface area contributed by atoms with Gasteiger partial charge in [0.2, 0.25) is 0 Å². The second-order valence-electron chi connectivity index (χ2n) is 5.27. The molecule has 0 saturated carbocycles. The first-order valence-electron chi connectivity index (χ1n) is 7.20. The summed E-state index contributed by atoms with van der Waals surface area (Å²) in [5, 5.41) is 7.36. The van der Waals surface area contributed by atoms with Gasteiger partial charge in [0.15, 0.2) is 0 Å². The van der Waals surface area contributed by atoms with Gasteiger partial charge in [0.05, 0.1) is 38.7 Å². The maximum Gasteiger partial charge on any atom is 0.146 e. The SMILES string of the molecule is Clc1ccc(C[NH+]2CCN(N=Cc3ccco3)CC2)cc1. The molecule has 3 rings (SSSR count). The Labute approximate surface area is 129 Å². The van der Waals surface area contributed by atoms with Crippen LogP contribution in [0.4, 0.5) is 0 Å². The highest BCUT2D eigenvalue weighted by Crippen LogP contribution is 2.08. The third-order valence-corrected chi connectivity index (χ3v) is 3.96. The molecule has 110 valence electrons. The molecule has 0 aliphatic carbocycles. The molecule has 0 spiro atoms. The Morgan fingerprint density at radius 1 is 1.19 bits per heavy atom. The maximum atomic E-state index is 5.91. The van der Waals surface area contributed by atoms with Gasteiger partial charge in [-0.3, -0.25) is 5.01 Å². The summed E-state index contributed by atoms with van der Waals surface area (Å²) in [6, 6.07) is 11.9. The maximum absolute atomic E-state index is 5.91. The molecular weight excluding hydrogens is 286 g/mol. The third kappa shape index (κ3) is 4.09. The minimum atomic E-state index is 0.797. The van der Waals surface area contributed by atoms with E-state index in [4.69, 9.17) is 16.0 Å². The minimum Gasteiger partial charge on any atom is -0.463 e. The molecule has 1 N–H and O–H groups in total. The fourth-order valence-corrected chi connectivity index (χ4v) is 2.62. The summed E-state index contributed by atoms with van der Waals surface area (Å²) in [5.41, 5.74) is 1.34. The smallest absolute Gasteiger partial charge is 0.146 e. The molecule has 1 aliphatic rings. The summed E-state index contributed by atoms with van der Waals surface area (Å²) >= 11 is 5.91. The van der Waals surface area contributed by atoms with Gasteiger partial charge in [0.1, 0.15) is 12.3 Å². The van der Waals surface area contributed by atoms with Crippen LogP contribution in [0.2, 0.25) is 5.02 Å². The van der Waals surface area contributed by atoms with Gasteiger partial charge in [-0.1, -0.05) is 23.7 Å². The Morgan fingerprint density at radius 3 is 2.62 bits per heavy atom. The number of hydrogen-bond donors (Lipinski definition) is 1. The van der Waals surface area contributed by atoms with Gasteiger partial charge < -0.3 is 9.32 Å². The molecule has 0 bridgehead atoms. The lowest BCUT2D eigenvalue weighted by atomic mass is 10.2. The number of hydrazone groups is 1. The lowest BCUT2D eigenvalue weighted by molar-refractivity contribution is -0.918.